The van der Waals surface area contributed by atoms with Crippen LogP contribution in [0.2, 0.25) is 5.02 Å². The highest BCUT2D eigenvalue weighted by atomic mass is 35.5. The third kappa shape index (κ3) is 2.94. The normalized spacial score (nSPS) is 17.4. The second kappa shape index (κ2) is 6.87. The van der Waals surface area contributed by atoms with Gasteiger partial charge in [-0.1, -0.05) is 17.7 Å². The summed E-state index contributed by atoms with van der Waals surface area (Å²) in [5.74, 6) is 0.775. The zero-order valence-electron chi connectivity index (χ0n) is 12.4. The van der Waals surface area contributed by atoms with Crippen LogP contribution < -0.4 is 10.1 Å². The van der Waals surface area contributed by atoms with Gasteiger partial charge in [-0.3, -0.25) is 4.90 Å². The van der Waals surface area contributed by atoms with E-state index in [-0.39, 0.29) is 11.8 Å². The van der Waals surface area contributed by atoms with E-state index >= 15 is 0 Å². The zero-order valence-corrected chi connectivity index (χ0v) is 14.0. The maximum atomic E-state index is 10.6. The first-order chi connectivity index (χ1) is 10.7. The summed E-state index contributed by atoms with van der Waals surface area (Å²) in [7, 11) is 1.62. The van der Waals surface area contributed by atoms with E-state index in [1.54, 1.807) is 24.5 Å². The Bertz CT molecular complexity index is 627. The lowest BCUT2D eigenvalue weighted by molar-refractivity contribution is 0.195. The standard InChI is InChI=1S/C16H19ClN2O2S/c1-21-12-5-4-11(17)16(20)14(12)15(13-3-2-10-22-13)19-8-6-18-7-9-19/h2-5,10,15,18,20H,6-9H2,1H3/t15-/m0/s1. The fourth-order valence-corrected chi connectivity index (χ4v) is 3.93. The van der Waals surface area contributed by atoms with Crippen LogP contribution in [0.3, 0.4) is 0 Å². The van der Waals surface area contributed by atoms with E-state index in [0.717, 1.165) is 31.7 Å². The van der Waals surface area contributed by atoms with Gasteiger partial charge in [-0.25, -0.2) is 0 Å². The molecule has 1 saturated heterocycles. The van der Waals surface area contributed by atoms with Crippen molar-refractivity contribution >= 4 is 22.9 Å². The average molecular weight is 339 g/mol. The molecule has 2 aromatic rings. The molecule has 2 heterocycles. The average Bonchev–Trinajstić information content (AvgIpc) is 3.07. The molecule has 6 heteroatoms. The third-order valence-corrected chi connectivity index (χ3v) is 5.18. The highest BCUT2D eigenvalue weighted by Gasteiger charge is 2.30. The summed E-state index contributed by atoms with van der Waals surface area (Å²) >= 11 is 7.84. The van der Waals surface area contributed by atoms with Gasteiger partial charge in [0.2, 0.25) is 0 Å². The maximum Gasteiger partial charge on any atom is 0.143 e. The zero-order chi connectivity index (χ0) is 15.5. The maximum absolute atomic E-state index is 10.6. The van der Waals surface area contributed by atoms with Gasteiger partial charge in [0.1, 0.15) is 11.5 Å². The van der Waals surface area contributed by atoms with Crippen molar-refractivity contribution in [1.29, 1.82) is 0 Å². The lowest BCUT2D eigenvalue weighted by Gasteiger charge is -2.35. The number of aromatic hydroxyl groups is 1. The smallest absolute Gasteiger partial charge is 0.143 e. The molecule has 0 radical (unpaired) electrons. The van der Waals surface area contributed by atoms with E-state index in [1.165, 1.54) is 4.88 Å². The summed E-state index contributed by atoms with van der Waals surface area (Å²) in [5, 5.41) is 16.3. The fraction of sp³-hybridized carbons (Fsp3) is 0.375. The number of rotatable bonds is 4. The molecule has 0 saturated carbocycles. The van der Waals surface area contributed by atoms with E-state index in [9.17, 15) is 5.11 Å². The Morgan fingerprint density at radius 1 is 1.32 bits per heavy atom. The summed E-state index contributed by atoms with van der Waals surface area (Å²) in [6.45, 7) is 3.70. The van der Waals surface area contributed by atoms with Gasteiger partial charge in [0.15, 0.2) is 0 Å². The van der Waals surface area contributed by atoms with Crippen LogP contribution in [0.4, 0.5) is 0 Å². The minimum absolute atomic E-state index is 0.0456. The second-order valence-corrected chi connectivity index (χ2v) is 6.60. The Hall–Kier alpha value is -1.27. The van der Waals surface area contributed by atoms with E-state index in [0.29, 0.717) is 10.8 Å². The number of hydrogen-bond acceptors (Lipinski definition) is 5. The highest BCUT2D eigenvalue weighted by Crippen LogP contribution is 2.44. The van der Waals surface area contributed by atoms with Crippen LogP contribution >= 0.6 is 22.9 Å². The largest absolute Gasteiger partial charge is 0.506 e. The van der Waals surface area contributed by atoms with Crippen molar-refractivity contribution < 1.29 is 9.84 Å². The van der Waals surface area contributed by atoms with E-state index in [4.69, 9.17) is 16.3 Å². The number of piperazine rings is 1. The molecule has 0 spiro atoms. The third-order valence-electron chi connectivity index (χ3n) is 3.95. The minimum atomic E-state index is -0.0456. The highest BCUT2D eigenvalue weighted by molar-refractivity contribution is 7.10. The lowest BCUT2D eigenvalue weighted by atomic mass is 10.00. The Kier molecular flexibility index (Phi) is 4.88. The van der Waals surface area contributed by atoms with Crippen LogP contribution in [0.5, 0.6) is 11.5 Å². The molecule has 1 fully saturated rings. The number of ether oxygens (including phenoxy) is 1. The number of benzene rings is 1. The second-order valence-electron chi connectivity index (χ2n) is 5.22. The van der Waals surface area contributed by atoms with Crippen molar-refractivity contribution in [2.45, 2.75) is 6.04 Å². The molecule has 4 nitrogen and oxygen atoms in total. The van der Waals surface area contributed by atoms with Gasteiger partial charge in [0, 0.05) is 31.1 Å². The van der Waals surface area contributed by atoms with Crippen molar-refractivity contribution in [2.75, 3.05) is 33.3 Å². The molecular formula is C16H19ClN2O2S. The van der Waals surface area contributed by atoms with Gasteiger partial charge in [0.25, 0.3) is 0 Å². The molecule has 0 bridgehead atoms. The van der Waals surface area contributed by atoms with Crippen LogP contribution in [-0.4, -0.2) is 43.3 Å². The van der Waals surface area contributed by atoms with Gasteiger partial charge in [-0.15, -0.1) is 11.3 Å². The molecule has 1 aromatic heterocycles. The summed E-state index contributed by atoms with van der Waals surface area (Å²) < 4.78 is 5.49. The van der Waals surface area contributed by atoms with Crippen LogP contribution in [0.15, 0.2) is 29.6 Å². The molecule has 1 aliphatic rings. The van der Waals surface area contributed by atoms with Crippen LogP contribution in [0, 0.1) is 0 Å². The van der Waals surface area contributed by atoms with Crippen molar-refractivity contribution in [3.05, 3.63) is 45.1 Å². The van der Waals surface area contributed by atoms with Crippen LogP contribution in [-0.2, 0) is 0 Å². The summed E-state index contributed by atoms with van der Waals surface area (Å²) in [5.41, 5.74) is 0.749. The topological polar surface area (TPSA) is 44.7 Å². The molecule has 1 aliphatic heterocycles. The molecule has 0 amide bonds. The Balaban J connectivity index is 2.11. The molecule has 1 aromatic carbocycles. The molecule has 2 N–H and O–H groups in total. The molecule has 118 valence electrons. The Labute approximate surface area is 139 Å². The van der Waals surface area contributed by atoms with Crippen molar-refractivity contribution in [3.63, 3.8) is 0 Å². The number of nitrogens with zero attached hydrogens (tertiary/aromatic N) is 1. The predicted octanol–water partition coefficient (Wildman–Crippen LogP) is 3.11. The first-order valence-corrected chi connectivity index (χ1v) is 8.51. The number of halogens is 1. The van der Waals surface area contributed by atoms with Gasteiger partial charge >= 0.3 is 0 Å². The Morgan fingerprint density at radius 3 is 2.73 bits per heavy atom. The summed E-state index contributed by atoms with van der Waals surface area (Å²) in [6, 6.07) is 7.57. The number of nitrogens with one attached hydrogen (secondary N) is 1. The SMILES string of the molecule is COc1ccc(Cl)c(O)c1[C@H](c1cccs1)N1CCNCC1. The van der Waals surface area contributed by atoms with Crippen LogP contribution in [0.25, 0.3) is 0 Å². The Morgan fingerprint density at radius 2 is 2.09 bits per heavy atom. The molecular weight excluding hydrogens is 320 g/mol. The number of phenols is 1. The van der Waals surface area contributed by atoms with Crippen molar-refractivity contribution in [2.24, 2.45) is 0 Å². The van der Waals surface area contributed by atoms with Crippen LogP contribution in [0.1, 0.15) is 16.5 Å². The van der Waals surface area contributed by atoms with E-state index in [1.807, 2.05) is 12.1 Å². The first-order valence-electron chi connectivity index (χ1n) is 7.26. The quantitative estimate of drug-likeness (QED) is 0.899. The first kappa shape index (κ1) is 15.6. The monoisotopic (exact) mass is 338 g/mol. The summed E-state index contributed by atoms with van der Waals surface area (Å²) in [4.78, 5) is 3.54. The number of thiophene rings is 1. The molecule has 0 unspecified atom stereocenters. The van der Waals surface area contributed by atoms with Gasteiger partial charge < -0.3 is 15.2 Å². The molecule has 0 aliphatic carbocycles. The molecule has 3 rings (SSSR count). The van der Waals surface area contributed by atoms with Crippen molar-refractivity contribution in [3.8, 4) is 11.5 Å². The van der Waals surface area contributed by atoms with E-state index < -0.39 is 0 Å². The fourth-order valence-electron chi connectivity index (χ4n) is 2.90. The lowest BCUT2D eigenvalue weighted by Crippen LogP contribution is -2.45. The summed E-state index contributed by atoms with van der Waals surface area (Å²) in [6.07, 6.45) is 0. The number of methoxy groups -OCH3 is 1. The minimum Gasteiger partial charge on any atom is -0.506 e. The van der Waals surface area contributed by atoms with Gasteiger partial charge in [0.05, 0.1) is 23.7 Å². The molecule has 22 heavy (non-hydrogen) atoms. The van der Waals surface area contributed by atoms with Crippen molar-refractivity contribution in [1.82, 2.24) is 10.2 Å². The number of hydrogen-bond donors (Lipinski definition) is 2. The van der Waals surface area contributed by atoms with Gasteiger partial charge in [-0.05, 0) is 23.6 Å². The van der Waals surface area contributed by atoms with Gasteiger partial charge in [-0.2, -0.15) is 0 Å². The predicted molar refractivity (Wildman–Crippen MR) is 90.3 cm³/mol. The van der Waals surface area contributed by atoms with E-state index in [2.05, 4.69) is 21.7 Å². The molecule has 1 atom stereocenters. The number of phenolic OH excluding ortho intramolecular Hbond substituents is 1.